The average Bonchev–Trinajstić information content (AvgIpc) is 1.85. The molecule has 0 aliphatic carbocycles. The van der Waals surface area contributed by atoms with Crippen molar-refractivity contribution >= 4 is 35.5 Å². The summed E-state index contributed by atoms with van der Waals surface area (Å²) in [6.45, 7) is 1.66. The second-order valence-corrected chi connectivity index (χ2v) is 2.23. The van der Waals surface area contributed by atoms with Gasteiger partial charge in [0.15, 0.2) is 0 Å². The van der Waals surface area contributed by atoms with Crippen LogP contribution in [-0.2, 0) is 0 Å². The molecule has 0 atom stereocenters. The van der Waals surface area contributed by atoms with Crippen molar-refractivity contribution in [2.75, 3.05) is 0 Å². The van der Waals surface area contributed by atoms with Crippen molar-refractivity contribution < 1.29 is 4.79 Å². The Morgan fingerprint density at radius 3 is 2.50 bits per heavy atom. The Kier molecular flexibility index (Phi) is 4.23. The van der Waals surface area contributed by atoms with E-state index in [2.05, 4.69) is 4.98 Å². The molecule has 1 aromatic rings. The molecule has 0 spiro atoms. The fourth-order valence-electron chi connectivity index (χ4n) is 0.883. The maximum absolute atomic E-state index is 10.9. The number of amides is 1. The van der Waals surface area contributed by atoms with Crippen LogP contribution in [0.2, 0.25) is 0 Å². The summed E-state index contributed by atoms with van der Waals surface area (Å²) in [7, 11) is 0. The normalized spacial score (nSPS) is 8.75. The summed E-state index contributed by atoms with van der Waals surface area (Å²) in [5, 5.41) is 0. The van der Waals surface area contributed by atoms with Gasteiger partial charge in [-0.25, -0.2) is 0 Å². The van der Waals surface area contributed by atoms with Crippen molar-refractivity contribution in [3.8, 4) is 0 Å². The van der Waals surface area contributed by atoms with Gasteiger partial charge in [0.1, 0.15) is 5.56 Å². The molecular formula is C7H9N2NaO2. The molecule has 0 saturated carbocycles. The molecule has 12 heavy (non-hydrogen) atoms. The molecule has 0 aromatic carbocycles. The molecular weight excluding hydrogens is 167 g/mol. The van der Waals surface area contributed by atoms with Crippen LogP contribution in [0, 0.1) is 6.92 Å². The van der Waals surface area contributed by atoms with E-state index >= 15 is 0 Å². The van der Waals surface area contributed by atoms with E-state index < -0.39 is 11.5 Å². The molecule has 0 aliphatic rings. The molecule has 0 fully saturated rings. The number of aromatic amines is 1. The Balaban J connectivity index is 0.00000121. The maximum atomic E-state index is 10.9. The van der Waals surface area contributed by atoms with Gasteiger partial charge in [-0.1, -0.05) is 0 Å². The van der Waals surface area contributed by atoms with E-state index in [-0.39, 0.29) is 35.1 Å². The minimum absolute atomic E-state index is 0. The average molecular weight is 176 g/mol. The van der Waals surface area contributed by atoms with Crippen LogP contribution in [0.1, 0.15) is 15.9 Å². The van der Waals surface area contributed by atoms with Crippen LogP contribution >= 0.6 is 0 Å². The standard InChI is InChI=1S/C7H8N2O2.Na.H/c1-4-2-3-9-7(11)5(4)6(8)10;;/h2-3H,1H3,(H2,8,10)(H,9,11);;. The minimum atomic E-state index is -0.690. The molecule has 4 nitrogen and oxygen atoms in total. The Hall–Kier alpha value is -0.580. The molecule has 5 heteroatoms. The van der Waals surface area contributed by atoms with Gasteiger partial charge < -0.3 is 10.7 Å². The summed E-state index contributed by atoms with van der Waals surface area (Å²) in [6, 6.07) is 1.63. The van der Waals surface area contributed by atoms with Crippen LogP contribution in [0.5, 0.6) is 0 Å². The first-order valence-electron chi connectivity index (χ1n) is 3.11. The van der Waals surface area contributed by atoms with Crippen LogP contribution in [0.4, 0.5) is 0 Å². The molecule has 1 aromatic heterocycles. The third kappa shape index (κ3) is 2.20. The summed E-state index contributed by atoms with van der Waals surface area (Å²) in [6.07, 6.45) is 1.48. The third-order valence-corrected chi connectivity index (χ3v) is 1.42. The van der Waals surface area contributed by atoms with E-state index in [1.54, 1.807) is 13.0 Å². The zero-order valence-corrected chi connectivity index (χ0v) is 6.05. The zero-order chi connectivity index (χ0) is 8.43. The number of H-pyrrole nitrogens is 1. The van der Waals surface area contributed by atoms with Gasteiger partial charge in [-0.05, 0) is 18.6 Å². The van der Waals surface area contributed by atoms with Crippen molar-refractivity contribution in [2.24, 2.45) is 5.73 Å². The molecule has 1 heterocycles. The number of carbonyl (C=O) groups excluding carboxylic acids is 1. The van der Waals surface area contributed by atoms with Crippen LogP contribution in [0.15, 0.2) is 17.1 Å². The van der Waals surface area contributed by atoms with Crippen LogP contribution in [-0.4, -0.2) is 40.4 Å². The first-order chi connectivity index (χ1) is 5.13. The summed E-state index contributed by atoms with van der Waals surface area (Å²) >= 11 is 0. The fraction of sp³-hybridized carbons (Fsp3) is 0.143. The molecule has 0 radical (unpaired) electrons. The molecule has 0 saturated heterocycles. The second kappa shape index (κ2) is 4.45. The number of hydrogen-bond donors (Lipinski definition) is 2. The predicted molar refractivity (Wildman–Crippen MR) is 47.5 cm³/mol. The third-order valence-electron chi connectivity index (χ3n) is 1.42. The van der Waals surface area contributed by atoms with E-state index in [4.69, 9.17) is 5.73 Å². The van der Waals surface area contributed by atoms with Gasteiger partial charge in [0, 0.05) is 6.20 Å². The fourth-order valence-corrected chi connectivity index (χ4v) is 0.883. The van der Waals surface area contributed by atoms with Crippen molar-refractivity contribution in [1.29, 1.82) is 0 Å². The van der Waals surface area contributed by atoms with Gasteiger partial charge in [-0.15, -0.1) is 0 Å². The number of nitrogens with one attached hydrogen (secondary N) is 1. The summed E-state index contributed by atoms with van der Waals surface area (Å²) < 4.78 is 0. The van der Waals surface area contributed by atoms with Gasteiger partial charge in [0.2, 0.25) is 0 Å². The molecule has 0 aliphatic heterocycles. The zero-order valence-electron chi connectivity index (χ0n) is 6.05. The summed E-state index contributed by atoms with van der Waals surface area (Å²) in [5.74, 6) is -0.690. The van der Waals surface area contributed by atoms with Crippen molar-refractivity contribution in [1.82, 2.24) is 4.98 Å². The number of aromatic nitrogens is 1. The van der Waals surface area contributed by atoms with Crippen molar-refractivity contribution in [2.45, 2.75) is 6.92 Å². The van der Waals surface area contributed by atoms with Gasteiger partial charge in [-0.2, -0.15) is 0 Å². The Bertz CT molecular complexity index is 346. The molecule has 3 N–H and O–H groups in total. The molecule has 0 bridgehead atoms. The second-order valence-electron chi connectivity index (χ2n) is 2.23. The van der Waals surface area contributed by atoms with Crippen molar-refractivity contribution in [3.63, 3.8) is 0 Å². The Labute approximate surface area is 91.5 Å². The number of primary amides is 1. The number of rotatable bonds is 1. The van der Waals surface area contributed by atoms with E-state index in [0.29, 0.717) is 5.56 Å². The van der Waals surface area contributed by atoms with Crippen LogP contribution < -0.4 is 11.3 Å². The monoisotopic (exact) mass is 176 g/mol. The first-order valence-corrected chi connectivity index (χ1v) is 3.11. The number of hydrogen-bond acceptors (Lipinski definition) is 2. The van der Waals surface area contributed by atoms with Gasteiger partial charge in [-0.3, -0.25) is 9.59 Å². The quantitative estimate of drug-likeness (QED) is 0.546. The molecule has 60 valence electrons. The van der Waals surface area contributed by atoms with Gasteiger partial charge >= 0.3 is 29.6 Å². The van der Waals surface area contributed by atoms with Crippen LogP contribution in [0.25, 0.3) is 0 Å². The number of nitrogens with two attached hydrogens (primary N) is 1. The Morgan fingerprint density at radius 1 is 1.58 bits per heavy atom. The van der Waals surface area contributed by atoms with E-state index in [0.717, 1.165) is 0 Å². The first kappa shape index (κ1) is 11.4. The van der Waals surface area contributed by atoms with Crippen molar-refractivity contribution in [3.05, 3.63) is 33.7 Å². The molecule has 1 amide bonds. The number of pyridine rings is 1. The van der Waals surface area contributed by atoms with E-state index in [9.17, 15) is 9.59 Å². The van der Waals surface area contributed by atoms with E-state index in [1.165, 1.54) is 6.20 Å². The van der Waals surface area contributed by atoms with Gasteiger partial charge in [0.05, 0.1) is 0 Å². The van der Waals surface area contributed by atoms with Gasteiger partial charge in [0.25, 0.3) is 11.5 Å². The summed E-state index contributed by atoms with van der Waals surface area (Å²) in [4.78, 5) is 23.9. The number of aryl methyl sites for hydroxylation is 1. The summed E-state index contributed by atoms with van der Waals surface area (Å²) in [5.41, 5.74) is 5.16. The van der Waals surface area contributed by atoms with Crippen LogP contribution in [0.3, 0.4) is 0 Å². The topological polar surface area (TPSA) is 75.9 Å². The number of carbonyl (C=O) groups is 1. The molecule has 0 unspecified atom stereocenters. The predicted octanol–water partition coefficient (Wildman–Crippen LogP) is -0.866. The molecule has 1 rings (SSSR count). The SMILES string of the molecule is Cc1cc[nH]c(=O)c1C(N)=O.[NaH]. The van der Waals surface area contributed by atoms with E-state index in [1.807, 2.05) is 0 Å². The Morgan fingerprint density at radius 2 is 2.17 bits per heavy atom.